The van der Waals surface area contributed by atoms with E-state index in [9.17, 15) is 9.90 Å². The topological polar surface area (TPSA) is 89.5 Å². The summed E-state index contributed by atoms with van der Waals surface area (Å²) >= 11 is 18.7. The SMILES string of the molecule is CO[C@H]1[C@@H]2O[C@@H](C(Cl)(Cl)Cl)O[C@@H]2[C@@H](N(C(=O)NC2CCCCC2)C2CCCCC2)[C@H](O)[C@H]1OCc1ccccc1. The van der Waals surface area contributed by atoms with Crippen LogP contribution < -0.4 is 5.32 Å². The van der Waals surface area contributed by atoms with E-state index in [1.807, 2.05) is 35.2 Å². The number of rotatable bonds is 7. The number of carbonyl (C=O) groups is 1. The zero-order valence-corrected chi connectivity index (χ0v) is 25.2. The first-order valence-corrected chi connectivity index (χ1v) is 15.7. The number of urea groups is 1. The van der Waals surface area contributed by atoms with Gasteiger partial charge < -0.3 is 34.3 Å². The van der Waals surface area contributed by atoms with E-state index in [0.717, 1.165) is 63.4 Å². The molecule has 3 aliphatic carbocycles. The maximum Gasteiger partial charge on any atom is 0.318 e. The van der Waals surface area contributed by atoms with Gasteiger partial charge in [-0.25, -0.2) is 4.79 Å². The van der Waals surface area contributed by atoms with Crippen molar-refractivity contribution in [2.75, 3.05) is 7.11 Å². The fourth-order valence-corrected chi connectivity index (χ4v) is 7.20. The van der Waals surface area contributed by atoms with Gasteiger partial charge >= 0.3 is 6.03 Å². The van der Waals surface area contributed by atoms with Crippen molar-refractivity contribution in [3.8, 4) is 0 Å². The number of benzene rings is 1. The lowest BCUT2D eigenvalue weighted by Crippen LogP contribution is -2.71. The Kier molecular flexibility index (Phi) is 10.4. The number of hydrogen-bond donors (Lipinski definition) is 2. The van der Waals surface area contributed by atoms with Crippen LogP contribution in [0.25, 0.3) is 0 Å². The summed E-state index contributed by atoms with van der Waals surface area (Å²) in [5.41, 5.74) is 0.949. The summed E-state index contributed by atoms with van der Waals surface area (Å²) in [7, 11) is 1.54. The molecule has 4 fully saturated rings. The van der Waals surface area contributed by atoms with E-state index in [0.29, 0.717) is 0 Å². The highest BCUT2D eigenvalue weighted by Crippen LogP contribution is 2.45. The molecule has 40 heavy (non-hydrogen) atoms. The quantitative estimate of drug-likeness (QED) is 0.393. The third-order valence-corrected chi connectivity index (χ3v) is 9.37. The molecule has 0 spiro atoms. The van der Waals surface area contributed by atoms with Gasteiger partial charge in [0.2, 0.25) is 10.1 Å². The molecule has 1 aromatic rings. The molecule has 0 bridgehead atoms. The Morgan fingerprint density at radius 1 is 0.975 bits per heavy atom. The number of fused-ring (bicyclic) bond motifs is 1. The van der Waals surface area contributed by atoms with Crippen LogP contribution in [-0.4, -0.2) is 81.9 Å². The number of nitrogens with zero attached hydrogens (tertiary/aromatic N) is 1. The minimum absolute atomic E-state index is 0.0677. The fraction of sp³-hybridized carbons (Fsp3) is 0.759. The minimum Gasteiger partial charge on any atom is -0.388 e. The molecule has 1 heterocycles. The second-order valence-electron chi connectivity index (χ2n) is 11.5. The van der Waals surface area contributed by atoms with Crippen LogP contribution in [0.15, 0.2) is 30.3 Å². The lowest BCUT2D eigenvalue weighted by Gasteiger charge is -2.51. The zero-order valence-electron chi connectivity index (χ0n) is 22.9. The summed E-state index contributed by atoms with van der Waals surface area (Å²) in [5, 5.41) is 15.3. The number of carbonyl (C=O) groups excluding carboxylic acids is 1. The van der Waals surface area contributed by atoms with Gasteiger partial charge in [-0.15, -0.1) is 0 Å². The molecule has 3 saturated carbocycles. The van der Waals surface area contributed by atoms with E-state index in [2.05, 4.69) is 5.32 Å². The number of alkyl halides is 3. The first-order valence-electron chi connectivity index (χ1n) is 14.6. The van der Waals surface area contributed by atoms with E-state index in [1.54, 1.807) is 0 Å². The Hall–Kier alpha value is -0.840. The maximum atomic E-state index is 14.1. The van der Waals surface area contributed by atoms with E-state index in [1.165, 1.54) is 13.5 Å². The molecule has 7 atom stereocenters. The van der Waals surface area contributed by atoms with Crippen LogP contribution in [0.4, 0.5) is 4.79 Å². The van der Waals surface area contributed by atoms with E-state index in [4.69, 9.17) is 53.8 Å². The van der Waals surface area contributed by atoms with Gasteiger partial charge in [0, 0.05) is 19.2 Å². The molecule has 4 aliphatic rings. The lowest BCUT2D eigenvalue weighted by atomic mass is 9.80. The van der Waals surface area contributed by atoms with Gasteiger partial charge in [-0.2, -0.15) is 0 Å². The summed E-state index contributed by atoms with van der Waals surface area (Å²) in [5.74, 6) is 0. The third kappa shape index (κ3) is 6.86. The number of hydrogen-bond acceptors (Lipinski definition) is 6. The number of nitrogens with one attached hydrogen (secondary N) is 1. The van der Waals surface area contributed by atoms with Crippen molar-refractivity contribution in [2.24, 2.45) is 0 Å². The van der Waals surface area contributed by atoms with Crippen LogP contribution in [0.1, 0.15) is 69.8 Å². The molecule has 0 radical (unpaired) electrons. The van der Waals surface area contributed by atoms with Crippen molar-refractivity contribution >= 4 is 40.8 Å². The monoisotopic (exact) mass is 618 g/mol. The second-order valence-corrected chi connectivity index (χ2v) is 13.9. The number of methoxy groups -OCH3 is 1. The van der Waals surface area contributed by atoms with E-state index < -0.39 is 46.6 Å². The van der Waals surface area contributed by atoms with E-state index >= 15 is 0 Å². The summed E-state index contributed by atoms with van der Waals surface area (Å²) < 4.78 is 22.7. The van der Waals surface area contributed by atoms with Gasteiger partial charge in [0.15, 0.2) is 0 Å². The number of halogens is 3. The molecule has 224 valence electrons. The molecule has 2 amide bonds. The molecule has 1 aliphatic heterocycles. The van der Waals surface area contributed by atoms with E-state index in [-0.39, 0.29) is 24.7 Å². The molecule has 0 unspecified atom stereocenters. The lowest BCUT2D eigenvalue weighted by molar-refractivity contribution is -0.205. The number of amides is 2. The van der Waals surface area contributed by atoms with Gasteiger partial charge in [-0.1, -0.05) is 104 Å². The summed E-state index contributed by atoms with van der Waals surface area (Å²) in [6.07, 6.45) is 4.75. The largest absolute Gasteiger partial charge is 0.388 e. The smallest absolute Gasteiger partial charge is 0.318 e. The Morgan fingerprint density at radius 3 is 2.23 bits per heavy atom. The van der Waals surface area contributed by atoms with Crippen LogP contribution in [-0.2, 0) is 25.6 Å². The highest BCUT2D eigenvalue weighted by atomic mass is 35.6. The zero-order chi connectivity index (χ0) is 28.3. The van der Waals surface area contributed by atoms with Crippen molar-refractivity contribution in [2.45, 2.75) is 130 Å². The molecule has 8 nitrogen and oxygen atoms in total. The van der Waals surface area contributed by atoms with Crippen molar-refractivity contribution in [3.05, 3.63) is 35.9 Å². The van der Waals surface area contributed by atoms with Gasteiger partial charge in [0.05, 0.1) is 12.6 Å². The number of ether oxygens (including phenoxy) is 4. The van der Waals surface area contributed by atoms with Crippen LogP contribution >= 0.6 is 34.8 Å². The van der Waals surface area contributed by atoms with Crippen LogP contribution in [0.2, 0.25) is 0 Å². The maximum absolute atomic E-state index is 14.1. The first kappa shape index (κ1) is 30.6. The van der Waals surface area contributed by atoms with Crippen molar-refractivity contribution < 1.29 is 28.8 Å². The van der Waals surface area contributed by atoms with Gasteiger partial charge in [-0.05, 0) is 31.2 Å². The molecule has 0 aromatic heterocycles. The molecule has 5 rings (SSSR count). The van der Waals surface area contributed by atoms with Crippen molar-refractivity contribution in [3.63, 3.8) is 0 Å². The molecule has 11 heteroatoms. The average Bonchev–Trinajstić information content (AvgIpc) is 3.41. The molecular weight excluding hydrogens is 579 g/mol. The Labute approximate surface area is 251 Å². The van der Waals surface area contributed by atoms with Crippen molar-refractivity contribution in [1.82, 2.24) is 10.2 Å². The van der Waals surface area contributed by atoms with Gasteiger partial charge in [0.25, 0.3) is 0 Å². The van der Waals surface area contributed by atoms with Crippen LogP contribution in [0.5, 0.6) is 0 Å². The minimum atomic E-state index is -1.87. The second kappa shape index (κ2) is 13.6. The predicted molar refractivity (Wildman–Crippen MR) is 154 cm³/mol. The van der Waals surface area contributed by atoms with Gasteiger partial charge in [0.1, 0.15) is 30.5 Å². The molecular formula is C29H41Cl3N2O6. The summed E-state index contributed by atoms with van der Waals surface area (Å²) in [6, 6.07) is 8.77. The molecule has 2 N–H and O–H groups in total. The van der Waals surface area contributed by atoms with Crippen molar-refractivity contribution in [1.29, 1.82) is 0 Å². The normalized spacial score (nSPS) is 33.9. The van der Waals surface area contributed by atoms with Gasteiger partial charge in [-0.3, -0.25) is 0 Å². The highest BCUT2D eigenvalue weighted by Gasteiger charge is 2.62. The predicted octanol–water partition coefficient (Wildman–Crippen LogP) is 5.49. The Balaban J connectivity index is 1.48. The first-order chi connectivity index (χ1) is 19.3. The third-order valence-electron chi connectivity index (χ3n) is 8.84. The Bertz CT molecular complexity index is 957. The highest BCUT2D eigenvalue weighted by molar-refractivity contribution is 6.67. The summed E-state index contributed by atoms with van der Waals surface area (Å²) in [4.78, 5) is 15.9. The summed E-state index contributed by atoms with van der Waals surface area (Å²) in [6.45, 7) is 0.249. The number of aliphatic hydroxyl groups excluding tert-OH is 1. The fourth-order valence-electron chi connectivity index (χ4n) is 6.89. The number of aliphatic hydroxyl groups is 1. The molecule has 1 aromatic carbocycles. The van der Waals surface area contributed by atoms with Crippen LogP contribution in [0, 0.1) is 0 Å². The Morgan fingerprint density at radius 2 is 1.60 bits per heavy atom. The van der Waals surface area contributed by atoms with Crippen LogP contribution in [0.3, 0.4) is 0 Å². The average molecular weight is 620 g/mol. The molecule has 1 saturated heterocycles. The standard InChI is InChI=1S/C29H41Cl3N2O6/c1-37-25-24(38-17-18-11-5-2-6-12-18)22(35)21(23-26(25)40-27(39-23)29(30,31)32)34(20-15-9-4-10-16-20)28(36)33-19-13-7-3-8-14-19/h2,5-6,11-12,19-27,35H,3-4,7-10,13-17H2,1H3,(H,33,36)/t21-,22-,23+,24+,25+,26+,27-/m0/s1.